The first-order valence-corrected chi connectivity index (χ1v) is 7.93. The third kappa shape index (κ3) is 4.63. The first kappa shape index (κ1) is 16.1. The molecule has 0 heterocycles. The van der Waals surface area contributed by atoms with Crippen LogP contribution < -0.4 is 5.32 Å². The molecule has 0 aliphatic rings. The van der Waals surface area contributed by atoms with Crippen LogP contribution in [0.4, 0.5) is 5.69 Å². The minimum atomic E-state index is -0.486. The van der Waals surface area contributed by atoms with Crippen LogP contribution in [0.1, 0.15) is 17.3 Å². The Hall–Kier alpha value is -2.27. The molecule has 0 atom stereocenters. The summed E-state index contributed by atoms with van der Waals surface area (Å²) in [4.78, 5) is 24.7. The van der Waals surface area contributed by atoms with Crippen molar-refractivity contribution in [2.24, 2.45) is 0 Å². The van der Waals surface area contributed by atoms with Crippen molar-refractivity contribution in [3.63, 3.8) is 0 Å². The van der Waals surface area contributed by atoms with Crippen LogP contribution in [-0.4, -0.2) is 24.2 Å². The molecule has 22 heavy (non-hydrogen) atoms. The molecule has 0 aliphatic carbocycles. The lowest BCUT2D eigenvalue weighted by atomic mass is 10.2. The number of para-hydroxylation sites is 1. The average molecular weight is 315 g/mol. The molecule has 0 saturated heterocycles. The van der Waals surface area contributed by atoms with Crippen molar-refractivity contribution < 1.29 is 14.3 Å². The highest BCUT2D eigenvalue weighted by atomic mass is 32.2. The van der Waals surface area contributed by atoms with Crippen molar-refractivity contribution in [1.29, 1.82) is 0 Å². The van der Waals surface area contributed by atoms with E-state index in [1.807, 2.05) is 37.3 Å². The van der Waals surface area contributed by atoms with E-state index in [1.165, 1.54) is 0 Å². The van der Waals surface area contributed by atoms with Gasteiger partial charge in [0.2, 0.25) is 0 Å². The highest BCUT2D eigenvalue weighted by molar-refractivity contribution is 7.99. The highest BCUT2D eigenvalue weighted by Crippen LogP contribution is 2.22. The summed E-state index contributed by atoms with van der Waals surface area (Å²) in [7, 11) is 0. The van der Waals surface area contributed by atoms with Crippen LogP contribution in [0.25, 0.3) is 0 Å². The van der Waals surface area contributed by atoms with Crippen LogP contribution in [0, 0.1) is 0 Å². The van der Waals surface area contributed by atoms with Gasteiger partial charge in [0.05, 0.1) is 5.56 Å². The van der Waals surface area contributed by atoms with Gasteiger partial charge in [-0.25, -0.2) is 4.79 Å². The minimum Gasteiger partial charge on any atom is -0.452 e. The Kier molecular flexibility index (Phi) is 6.03. The van der Waals surface area contributed by atoms with Gasteiger partial charge < -0.3 is 10.1 Å². The molecule has 0 saturated carbocycles. The van der Waals surface area contributed by atoms with Crippen molar-refractivity contribution in [2.45, 2.75) is 11.8 Å². The van der Waals surface area contributed by atoms with Crippen molar-refractivity contribution in [2.75, 3.05) is 17.7 Å². The van der Waals surface area contributed by atoms with Crippen LogP contribution >= 0.6 is 11.8 Å². The molecule has 2 aromatic rings. The summed E-state index contributed by atoms with van der Waals surface area (Å²) in [5.74, 6) is 0.0126. The molecule has 0 spiro atoms. The van der Waals surface area contributed by atoms with E-state index in [-0.39, 0.29) is 12.5 Å². The van der Waals surface area contributed by atoms with Crippen molar-refractivity contribution >= 4 is 29.3 Å². The van der Waals surface area contributed by atoms with Gasteiger partial charge in [-0.3, -0.25) is 4.79 Å². The molecule has 0 fully saturated rings. The number of thioether (sulfide) groups is 1. The molecule has 0 radical (unpaired) electrons. The van der Waals surface area contributed by atoms with Gasteiger partial charge in [0.1, 0.15) is 0 Å². The molecule has 114 valence electrons. The summed E-state index contributed by atoms with van der Waals surface area (Å²) in [6.07, 6.45) is 0. The smallest absolute Gasteiger partial charge is 0.339 e. The molecular formula is C17H17NO3S. The number of nitrogens with one attached hydrogen (secondary N) is 1. The Labute approximate surface area is 133 Å². The standard InChI is InChI=1S/C17H17NO3S/c1-2-22-15-11-7-6-10-14(15)17(20)21-12-16(19)18-13-8-4-3-5-9-13/h3-11H,2,12H2,1H3,(H,18,19). The van der Waals surface area contributed by atoms with Gasteiger partial charge in [-0.05, 0) is 30.0 Å². The summed E-state index contributed by atoms with van der Waals surface area (Å²) >= 11 is 1.57. The molecule has 1 N–H and O–H groups in total. The summed E-state index contributed by atoms with van der Waals surface area (Å²) in [5.41, 5.74) is 1.16. The van der Waals surface area contributed by atoms with E-state index in [0.29, 0.717) is 11.3 Å². The van der Waals surface area contributed by atoms with Crippen LogP contribution in [-0.2, 0) is 9.53 Å². The SMILES string of the molecule is CCSc1ccccc1C(=O)OCC(=O)Nc1ccccc1. The van der Waals surface area contributed by atoms with Gasteiger partial charge in [0.25, 0.3) is 5.91 Å². The molecule has 0 unspecified atom stereocenters. The topological polar surface area (TPSA) is 55.4 Å². The lowest BCUT2D eigenvalue weighted by Gasteiger charge is -2.09. The maximum absolute atomic E-state index is 12.1. The molecule has 0 aromatic heterocycles. The lowest BCUT2D eigenvalue weighted by Crippen LogP contribution is -2.21. The molecule has 2 rings (SSSR count). The second-order valence-electron chi connectivity index (χ2n) is 4.42. The zero-order chi connectivity index (χ0) is 15.8. The largest absolute Gasteiger partial charge is 0.452 e. The predicted molar refractivity (Wildman–Crippen MR) is 88.2 cm³/mol. The van der Waals surface area contributed by atoms with E-state index >= 15 is 0 Å². The van der Waals surface area contributed by atoms with Gasteiger partial charge in [0, 0.05) is 10.6 Å². The average Bonchev–Trinajstić information content (AvgIpc) is 2.54. The Balaban J connectivity index is 1.91. The van der Waals surface area contributed by atoms with Gasteiger partial charge in [-0.15, -0.1) is 11.8 Å². The van der Waals surface area contributed by atoms with Crippen molar-refractivity contribution in [3.8, 4) is 0 Å². The number of ether oxygens (including phenoxy) is 1. The molecule has 5 heteroatoms. The fraction of sp³-hybridized carbons (Fsp3) is 0.176. The van der Waals surface area contributed by atoms with Gasteiger partial charge >= 0.3 is 5.97 Å². The molecule has 4 nitrogen and oxygen atoms in total. The number of carbonyl (C=O) groups is 2. The van der Waals surface area contributed by atoms with Gasteiger partial charge in [0.15, 0.2) is 6.61 Å². The van der Waals surface area contributed by atoms with Gasteiger partial charge in [-0.1, -0.05) is 37.3 Å². The van der Waals surface area contributed by atoms with Crippen molar-refractivity contribution in [1.82, 2.24) is 0 Å². The predicted octanol–water partition coefficient (Wildman–Crippen LogP) is 3.59. The van der Waals surface area contributed by atoms with E-state index < -0.39 is 5.97 Å². The lowest BCUT2D eigenvalue weighted by molar-refractivity contribution is -0.119. The third-order valence-electron chi connectivity index (χ3n) is 2.80. The zero-order valence-corrected chi connectivity index (χ0v) is 13.1. The quantitative estimate of drug-likeness (QED) is 0.654. The van der Waals surface area contributed by atoms with Crippen LogP contribution in [0.3, 0.4) is 0 Å². The Morgan fingerprint density at radius 2 is 1.73 bits per heavy atom. The Morgan fingerprint density at radius 3 is 2.45 bits per heavy atom. The maximum atomic E-state index is 12.1. The summed E-state index contributed by atoms with van der Waals surface area (Å²) in [6.45, 7) is 1.71. The number of anilines is 1. The summed E-state index contributed by atoms with van der Waals surface area (Å²) < 4.78 is 5.08. The molecule has 1 amide bonds. The fourth-order valence-corrected chi connectivity index (χ4v) is 2.64. The summed E-state index contributed by atoms with van der Waals surface area (Å²) in [6, 6.07) is 16.3. The Bertz CT molecular complexity index is 643. The number of carbonyl (C=O) groups excluding carboxylic acids is 2. The van der Waals surface area contributed by atoms with E-state index in [4.69, 9.17) is 4.74 Å². The third-order valence-corrected chi connectivity index (χ3v) is 3.75. The second kappa shape index (κ2) is 8.24. The highest BCUT2D eigenvalue weighted by Gasteiger charge is 2.14. The minimum absolute atomic E-state index is 0.307. The Morgan fingerprint density at radius 1 is 1.05 bits per heavy atom. The van der Waals surface area contributed by atoms with Gasteiger partial charge in [-0.2, -0.15) is 0 Å². The van der Waals surface area contributed by atoms with Crippen LogP contribution in [0.2, 0.25) is 0 Å². The van der Waals surface area contributed by atoms with E-state index in [2.05, 4.69) is 5.32 Å². The van der Waals surface area contributed by atoms with E-state index in [0.717, 1.165) is 10.6 Å². The van der Waals surface area contributed by atoms with Crippen molar-refractivity contribution in [3.05, 3.63) is 60.2 Å². The maximum Gasteiger partial charge on any atom is 0.339 e. The van der Waals surface area contributed by atoms with E-state index in [9.17, 15) is 9.59 Å². The summed E-state index contributed by atoms with van der Waals surface area (Å²) in [5, 5.41) is 2.67. The molecule has 0 bridgehead atoms. The number of amides is 1. The first-order valence-electron chi connectivity index (χ1n) is 6.94. The molecular weight excluding hydrogens is 298 g/mol. The fourth-order valence-electron chi connectivity index (χ4n) is 1.84. The monoisotopic (exact) mass is 315 g/mol. The molecule has 2 aromatic carbocycles. The number of hydrogen-bond donors (Lipinski definition) is 1. The first-order chi connectivity index (χ1) is 10.7. The molecule has 0 aliphatic heterocycles. The number of esters is 1. The number of rotatable bonds is 6. The zero-order valence-electron chi connectivity index (χ0n) is 12.2. The normalized spacial score (nSPS) is 10.0. The van der Waals surface area contributed by atoms with E-state index in [1.54, 1.807) is 36.0 Å². The number of benzene rings is 2. The van der Waals surface area contributed by atoms with Crippen LogP contribution in [0.5, 0.6) is 0 Å². The number of hydrogen-bond acceptors (Lipinski definition) is 4. The van der Waals surface area contributed by atoms with Crippen LogP contribution in [0.15, 0.2) is 59.5 Å². The second-order valence-corrected chi connectivity index (χ2v) is 5.73.